The lowest BCUT2D eigenvalue weighted by Crippen LogP contribution is -2.29. The van der Waals surface area contributed by atoms with Crippen molar-refractivity contribution in [3.63, 3.8) is 0 Å². The summed E-state index contributed by atoms with van der Waals surface area (Å²) in [5.41, 5.74) is 15.1. The summed E-state index contributed by atoms with van der Waals surface area (Å²) in [6.07, 6.45) is 0. The molecule has 4 rings (SSSR count). The molecule has 0 amide bonds. The summed E-state index contributed by atoms with van der Waals surface area (Å²) in [6, 6.07) is 20.1. The van der Waals surface area contributed by atoms with Crippen molar-refractivity contribution >= 4 is 101 Å². The minimum Gasteiger partial charge on any atom is -0.0843 e. The zero-order valence-electron chi connectivity index (χ0n) is 20.5. The summed E-state index contributed by atoms with van der Waals surface area (Å²) < 4.78 is 0. The van der Waals surface area contributed by atoms with Crippen LogP contribution in [0.25, 0.3) is 0 Å². The molecule has 0 nitrogen and oxygen atoms in total. The highest BCUT2D eigenvalue weighted by Gasteiger charge is 2.26. The Morgan fingerprint density at radius 1 is 0.341 bits per heavy atom. The van der Waals surface area contributed by atoms with Crippen molar-refractivity contribution in [3.8, 4) is 45.9 Å². The summed E-state index contributed by atoms with van der Waals surface area (Å²) >= 11 is 50.0. The van der Waals surface area contributed by atoms with E-state index >= 15 is 0 Å². The topological polar surface area (TPSA) is 0 Å². The number of halogens is 8. The first kappa shape index (κ1) is 31.6. The Labute approximate surface area is 279 Å². The van der Waals surface area contributed by atoms with E-state index in [1.807, 2.05) is 0 Å². The molecule has 0 aliphatic rings. The average molecular weight is 708 g/mol. The van der Waals surface area contributed by atoms with Crippen molar-refractivity contribution in [3.05, 3.63) is 135 Å². The Kier molecular flexibility index (Phi) is 11.0. The minimum atomic E-state index is -3.48. The molecule has 0 heterocycles. The summed E-state index contributed by atoms with van der Waals surface area (Å²) in [7, 11) is -3.48. The van der Waals surface area contributed by atoms with Crippen molar-refractivity contribution in [2.75, 3.05) is 0 Å². The van der Waals surface area contributed by atoms with Crippen LogP contribution in [0.2, 0.25) is 40.2 Å². The second-order valence-corrected chi connectivity index (χ2v) is 14.1. The molecule has 4 aromatic carbocycles. The Morgan fingerprint density at radius 3 is 0.756 bits per heavy atom. The zero-order valence-corrected chi connectivity index (χ0v) is 27.5. The lowest BCUT2D eigenvalue weighted by Gasteiger charge is -2.06. The van der Waals surface area contributed by atoms with E-state index in [-0.39, 0.29) is 0 Å². The number of hydrogen-bond acceptors (Lipinski definition) is 0. The van der Waals surface area contributed by atoms with Crippen molar-refractivity contribution in [2.24, 2.45) is 0 Å². The molecule has 0 N–H and O–H groups in total. The Bertz CT molecular complexity index is 1630. The predicted octanol–water partition coefficient (Wildman–Crippen LogP) is 11.0. The van der Waals surface area contributed by atoms with Gasteiger partial charge in [-0.15, -0.1) is 0 Å². The Morgan fingerprint density at radius 2 is 0.561 bits per heavy atom. The van der Waals surface area contributed by atoms with Crippen LogP contribution in [-0.4, -0.2) is 8.07 Å². The van der Waals surface area contributed by atoms with E-state index < -0.39 is 8.07 Å². The first-order valence-electron chi connectivity index (χ1n) is 11.5. The lowest BCUT2D eigenvalue weighted by atomic mass is 10.2. The molecule has 0 aromatic heterocycles. The predicted molar refractivity (Wildman–Crippen MR) is 179 cm³/mol. The molecule has 0 radical (unpaired) electrons. The van der Waals surface area contributed by atoms with Crippen LogP contribution in [0.15, 0.2) is 72.8 Å². The van der Waals surface area contributed by atoms with E-state index in [9.17, 15) is 0 Å². The second-order valence-electron chi connectivity index (χ2n) is 8.25. The quantitative estimate of drug-likeness (QED) is 0.126. The molecule has 4 aromatic rings. The van der Waals surface area contributed by atoms with E-state index in [0.717, 1.165) is 0 Å². The van der Waals surface area contributed by atoms with Crippen molar-refractivity contribution in [2.45, 2.75) is 0 Å². The molecule has 0 unspecified atom stereocenters. The average Bonchev–Trinajstić information content (AvgIpc) is 2.91. The fraction of sp³-hybridized carbons (Fsp3) is 0. The maximum Gasteiger partial charge on any atom is 0.370 e. The van der Waals surface area contributed by atoms with Crippen LogP contribution in [0, 0.1) is 45.9 Å². The van der Waals surface area contributed by atoms with Crippen molar-refractivity contribution in [1.29, 1.82) is 0 Å². The highest BCUT2D eigenvalue weighted by atomic mass is 35.5. The molecule has 0 fully saturated rings. The van der Waals surface area contributed by atoms with Gasteiger partial charge in [0.25, 0.3) is 0 Å². The van der Waals surface area contributed by atoms with Crippen LogP contribution in [-0.2, 0) is 0 Å². The molecule has 0 aliphatic heterocycles. The molecule has 200 valence electrons. The van der Waals surface area contributed by atoms with E-state index in [2.05, 4.69) is 45.9 Å². The van der Waals surface area contributed by atoms with E-state index in [4.69, 9.17) is 92.8 Å². The second kappa shape index (κ2) is 14.2. The summed E-state index contributed by atoms with van der Waals surface area (Å²) in [4.78, 5) is 0. The van der Waals surface area contributed by atoms with Gasteiger partial charge in [-0.2, -0.15) is 0 Å². The molecular weight excluding hydrogens is 696 g/mol. The number of benzene rings is 4. The first-order valence-corrected chi connectivity index (χ1v) is 16.5. The van der Waals surface area contributed by atoms with Crippen LogP contribution in [0.5, 0.6) is 0 Å². The molecular formula is C32H12Cl8Si. The summed E-state index contributed by atoms with van der Waals surface area (Å²) in [6.45, 7) is 0. The van der Waals surface area contributed by atoms with Gasteiger partial charge in [-0.25, -0.2) is 0 Å². The van der Waals surface area contributed by atoms with Gasteiger partial charge in [-0.3, -0.25) is 0 Å². The summed E-state index contributed by atoms with van der Waals surface area (Å²) in [5.74, 6) is 12.4. The third-order valence-corrected chi connectivity index (χ3v) is 9.45. The number of rotatable bonds is 0. The van der Waals surface area contributed by atoms with Gasteiger partial charge in [0.2, 0.25) is 0 Å². The highest BCUT2D eigenvalue weighted by molar-refractivity contribution is 7.06. The number of hydrogen-bond donors (Lipinski definition) is 0. The molecule has 9 heteroatoms. The van der Waals surface area contributed by atoms with Gasteiger partial charge < -0.3 is 0 Å². The van der Waals surface area contributed by atoms with Crippen LogP contribution in [0.4, 0.5) is 0 Å². The summed E-state index contributed by atoms with van der Waals surface area (Å²) in [5, 5.41) is 3.44. The van der Waals surface area contributed by atoms with E-state index in [1.54, 1.807) is 72.8 Å². The van der Waals surface area contributed by atoms with Gasteiger partial charge in [0, 0.05) is 42.3 Å². The third-order valence-electron chi connectivity index (χ3n) is 5.26. The SMILES string of the molecule is Clc1ccc(C#C[Si](C#Cc2ccc(Cl)cc2Cl)(C#Cc2ccc(Cl)cc2Cl)C#Cc2ccc(Cl)cc2Cl)c(Cl)c1. The van der Waals surface area contributed by atoms with Gasteiger partial charge in [0.05, 0.1) is 20.1 Å². The van der Waals surface area contributed by atoms with E-state index in [0.29, 0.717) is 62.4 Å². The molecule has 0 atom stereocenters. The van der Waals surface area contributed by atoms with Gasteiger partial charge in [0.1, 0.15) is 0 Å². The van der Waals surface area contributed by atoms with Crippen LogP contribution >= 0.6 is 92.8 Å². The monoisotopic (exact) mass is 704 g/mol. The lowest BCUT2D eigenvalue weighted by molar-refractivity contribution is 1.64. The fourth-order valence-electron chi connectivity index (χ4n) is 3.20. The molecule has 0 aliphatic carbocycles. The third kappa shape index (κ3) is 8.82. The van der Waals surface area contributed by atoms with Crippen LogP contribution < -0.4 is 0 Å². The normalized spacial score (nSPS) is 10.1. The molecule has 0 spiro atoms. The molecule has 41 heavy (non-hydrogen) atoms. The van der Waals surface area contributed by atoms with Crippen LogP contribution in [0.3, 0.4) is 0 Å². The first-order chi connectivity index (χ1) is 19.5. The van der Waals surface area contributed by atoms with Gasteiger partial charge in [0.15, 0.2) is 0 Å². The maximum absolute atomic E-state index is 6.41. The highest BCUT2D eigenvalue weighted by Crippen LogP contribution is 2.24. The standard InChI is InChI=1S/C32H12Cl8Si/c33-25-5-1-21(29(37)17-25)9-13-41(14-10-22-2-6-26(34)18-30(22)38,15-11-23-3-7-27(35)19-31(23)39)16-12-24-4-8-28(36)20-32(24)40/h1-8,17-20H. The molecule has 0 saturated carbocycles. The molecule has 0 saturated heterocycles. The molecule has 0 bridgehead atoms. The smallest absolute Gasteiger partial charge is 0.0843 e. The maximum atomic E-state index is 6.41. The Hall–Kier alpha value is -2.34. The zero-order chi connectivity index (χ0) is 29.6. The Balaban J connectivity index is 2.00. The minimum absolute atomic E-state index is 0.379. The van der Waals surface area contributed by atoms with Crippen molar-refractivity contribution in [1.82, 2.24) is 0 Å². The largest absolute Gasteiger partial charge is 0.370 e. The van der Waals surface area contributed by atoms with Crippen LogP contribution in [0.1, 0.15) is 22.3 Å². The van der Waals surface area contributed by atoms with E-state index in [1.165, 1.54) is 0 Å². The van der Waals surface area contributed by atoms with Gasteiger partial charge in [-0.1, -0.05) is 139 Å². The van der Waals surface area contributed by atoms with Gasteiger partial charge in [-0.05, 0) is 72.8 Å². The van der Waals surface area contributed by atoms with Crippen molar-refractivity contribution < 1.29 is 0 Å². The fourth-order valence-corrected chi connectivity index (χ4v) is 6.68. The van der Waals surface area contributed by atoms with Gasteiger partial charge >= 0.3 is 8.07 Å².